The molecule has 5 rings (SSSR count). The Morgan fingerprint density at radius 2 is 1.50 bits per heavy atom. The van der Waals surface area contributed by atoms with Crippen LogP contribution in [0.5, 0.6) is 0 Å². The zero-order chi connectivity index (χ0) is 20.6. The SMILES string of the molecule is Fc1cccc(CN2CCC3(CC2)CN(c2cccc(F)c2)C3c2ccccc2)c1. The average molecular weight is 405 g/mol. The lowest BCUT2D eigenvalue weighted by Gasteiger charge is -2.61. The van der Waals surface area contributed by atoms with Crippen LogP contribution >= 0.6 is 0 Å². The first-order valence-corrected chi connectivity index (χ1v) is 10.7. The summed E-state index contributed by atoms with van der Waals surface area (Å²) in [5.74, 6) is -0.361. The minimum atomic E-state index is -0.190. The van der Waals surface area contributed by atoms with Gasteiger partial charge in [-0.3, -0.25) is 4.90 Å². The molecule has 2 saturated heterocycles. The third-order valence-electron chi connectivity index (χ3n) is 6.78. The van der Waals surface area contributed by atoms with Gasteiger partial charge in [0.25, 0.3) is 0 Å². The zero-order valence-corrected chi connectivity index (χ0v) is 17.0. The van der Waals surface area contributed by atoms with E-state index in [2.05, 4.69) is 34.1 Å². The molecule has 154 valence electrons. The molecule has 1 atom stereocenters. The molecule has 0 saturated carbocycles. The Morgan fingerprint density at radius 1 is 0.800 bits per heavy atom. The van der Waals surface area contributed by atoms with Crippen LogP contribution in [0.4, 0.5) is 14.5 Å². The Labute approximate surface area is 176 Å². The van der Waals surface area contributed by atoms with Gasteiger partial charge in [0.05, 0.1) is 6.04 Å². The highest BCUT2D eigenvalue weighted by Gasteiger charge is 2.54. The molecule has 0 radical (unpaired) electrons. The minimum Gasteiger partial charge on any atom is -0.363 e. The first-order chi connectivity index (χ1) is 14.6. The van der Waals surface area contributed by atoms with Gasteiger partial charge in [0, 0.05) is 24.2 Å². The van der Waals surface area contributed by atoms with Crippen molar-refractivity contribution in [1.82, 2.24) is 4.90 Å². The predicted molar refractivity (Wildman–Crippen MR) is 116 cm³/mol. The largest absolute Gasteiger partial charge is 0.363 e. The summed E-state index contributed by atoms with van der Waals surface area (Å²) in [7, 11) is 0. The fourth-order valence-corrected chi connectivity index (χ4v) is 5.28. The molecule has 2 aliphatic heterocycles. The van der Waals surface area contributed by atoms with Crippen LogP contribution in [0.2, 0.25) is 0 Å². The van der Waals surface area contributed by atoms with Crippen LogP contribution < -0.4 is 4.90 Å². The molecule has 1 unspecified atom stereocenters. The standard InChI is InChI=1S/C26H26F2N2/c27-22-9-4-6-20(16-22)18-29-14-12-26(13-15-29)19-30(24-11-5-10-23(28)17-24)25(26)21-7-2-1-3-8-21/h1-11,16-17,25H,12-15,18-19H2. The number of halogens is 2. The smallest absolute Gasteiger partial charge is 0.125 e. The molecular weight excluding hydrogens is 378 g/mol. The maximum Gasteiger partial charge on any atom is 0.125 e. The lowest BCUT2D eigenvalue weighted by atomic mass is 9.63. The molecule has 3 aromatic carbocycles. The number of benzene rings is 3. The van der Waals surface area contributed by atoms with Crippen LogP contribution in [0.15, 0.2) is 78.9 Å². The predicted octanol–water partition coefficient (Wildman–Crippen LogP) is 5.81. The van der Waals surface area contributed by atoms with Crippen LogP contribution in [0.1, 0.15) is 30.0 Å². The van der Waals surface area contributed by atoms with Crippen molar-refractivity contribution >= 4 is 5.69 Å². The van der Waals surface area contributed by atoms with Gasteiger partial charge in [-0.25, -0.2) is 8.78 Å². The second kappa shape index (κ2) is 7.84. The Bertz CT molecular complexity index is 1010. The Kier molecular flexibility index (Phi) is 5.03. The number of hydrogen-bond donors (Lipinski definition) is 0. The van der Waals surface area contributed by atoms with Gasteiger partial charge in [-0.2, -0.15) is 0 Å². The number of hydrogen-bond acceptors (Lipinski definition) is 2. The first kappa shape index (κ1) is 19.3. The lowest BCUT2D eigenvalue weighted by molar-refractivity contribution is 0.0282. The van der Waals surface area contributed by atoms with E-state index in [1.54, 1.807) is 24.3 Å². The molecule has 0 aromatic heterocycles. The summed E-state index contributed by atoms with van der Waals surface area (Å²) in [5, 5.41) is 0. The average Bonchev–Trinajstić information content (AvgIpc) is 2.74. The van der Waals surface area contributed by atoms with Gasteiger partial charge in [0.1, 0.15) is 11.6 Å². The van der Waals surface area contributed by atoms with Crippen LogP contribution in [0.25, 0.3) is 0 Å². The molecule has 2 aliphatic rings. The molecule has 2 heterocycles. The molecule has 3 aromatic rings. The molecule has 1 spiro atoms. The Hall–Kier alpha value is -2.72. The summed E-state index contributed by atoms with van der Waals surface area (Å²) in [6, 6.07) is 24.7. The van der Waals surface area contributed by atoms with E-state index in [9.17, 15) is 8.78 Å². The van der Waals surface area contributed by atoms with Gasteiger partial charge >= 0.3 is 0 Å². The molecule has 0 bridgehead atoms. The zero-order valence-electron chi connectivity index (χ0n) is 17.0. The summed E-state index contributed by atoms with van der Waals surface area (Å²) in [5.41, 5.74) is 3.48. The Balaban J connectivity index is 1.35. The van der Waals surface area contributed by atoms with E-state index >= 15 is 0 Å². The van der Waals surface area contributed by atoms with Gasteiger partial charge in [0.15, 0.2) is 0 Å². The van der Waals surface area contributed by atoms with E-state index in [-0.39, 0.29) is 23.1 Å². The maximum absolute atomic E-state index is 13.9. The molecule has 0 amide bonds. The third-order valence-corrected chi connectivity index (χ3v) is 6.78. The first-order valence-electron chi connectivity index (χ1n) is 10.7. The van der Waals surface area contributed by atoms with Gasteiger partial charge in [-0.15, -0.1) is 0 Å². The maximum atomic E-state index is 13.9. The summed E-state index contributed by atoms with van der Waals surface area (Å²) in [4.78, 5) is 4.77. The van der Waals surface area contributed by atoms with Crippen LogP contribution in [0, 0.1) is 17.0 Å². The fourth-order valence-electron chi connectivity index (χ4n) is 5.28. The van der Waals surface area contributed by atoms with Gasteiger partial charge < -0.3 is 4.90 Å². The fraction of sp³-hybridized carbons (Fsp3) is 0.308. The third kappa shape index (κ3) is 3.61. The van der Waals surface area contributed by atoms with Crippen LogP contribution in [-0.2, 0) is 6.54 Å². The number of anilines is 1. The normalized spacial score (nSPS) is 20.9. The second-order valence-corrected chi connectivity index (χ2v) is 8.69. The number of nitrogens with zero attached hydrogens (tertiary/aromatic N) is 2. The summed E-state index contributed by atoms with van der Waals surface area (Å²) < 4.78 is 27.4. The molecule has 4 heteroatoms. The highest BCUT2D eigenvalue weighted by Crippen LogP contribution is 2.56. The van der Waals surface area contributed by atoms with E-state index in [4.69, 9.17) is 0 Å². The number of piperidine rings is 1. The van der Waals surface area contributed by atoms with Crippen molar-refractivity contribution < 1.29 is 8.78 Å². The van der Waals surface area contributed by atoms with E-state index in [0.29, 0.717) is 0 Å². The summed E-state index contributed by atoms with van der Waals surface area (Å²) in [6.45, 7) is 3.73. The lowest BCUT2D eigenvalue weighted by Crippen LogP contribution is -2.62. The minimum absolute atomic E-state index is 0.171. The van der Waals surface area contributed by atoms with Crippen molar-refractivity contribution in [2.24, 2.45) is 5.41 Å². The van der Waals surface area contributed by atoms with Crippen molar-refractivity contribution in [2.45, 2.75) is 25.4 Å². The van der Waals surface area contributed by atoms with E-state index in [1.807, 2.05) is 18.2 Å². The second-order valence-electron chi connectivity index (χ2n) is 8.69. The summed E-state index contributed by atoms with van der Waals surface area (Å²) in [6.07, 6.45) is 2.18. The highest BCUT2D eigenvalue weighted by atomic mass is 19.1. The van der Waals surface area contributed by atoms with E-state index in [1.165, 1.54) is 17.7 Å². The van der Waals surface area contributed by atoms with Gasteiger partial charge in [0.2, 0.25) is 0 Å². The van der Waals surface area contributed by atoms with Crippen molar-refractivity contribution in [2.75, 3.05) is 24.5 Å². The molecular formula is C26H26F2N2. The van der Waals surface area contributed by atoms with Gasteiger partial charge in [-0.1, -0.05) is 48.5 Å². The quantitative estimate of drug-likeness (QED) is 0.542. The van der Waals surface area contributed by atoms with E-state index in [0.717, 1.165) is 50.3 Å². The van der Waals surface area contributed by atoms with Crippen molar-refractivity contribution in [3.8, 4) is 0 Å². The number of likely N-dealkylation sites (tertiary alicyclic amines) is 1. The number of rotatable bonds is 4. The molecule has 30 heavy (non-hydrogen) atoms. The molecule has 2 nitrogen and oxygen atoms in total. The van der Waals surface area contributed by atoms with Crippen molar-refractivity contribution in [3.63, 3.8) is 0 Å². The van der Waals surface area contributed by atoms with Crippen molar-refractivity contribution in [3.05, 3.63) is 102 Å². The van der Waals surface area contributed by atoms with Crippen molar-refractivity contribution in [1.29, 1.82) is 0 Å². The molecule has 0 N–H and O–H groups in total. The Morgan fingerprint density at radius 3 is 2.20 bits per heavy atom. The monoisotopic (exact) mass is 404 g/mol. The summed E-state index contributed by atoms with van der Waals surface area (Å²) >= 11 is 0. The van der Waals surface area contributed by atoms with E-state index < -0.39 is 0 Å². The molecule has 0 aliphatic carbocycles. The molecule has 2 fully saturated rings. The highest BCUT2D eigenvalue weighted by molar-refractivity contribution is 5.54. The topological polar surface area (TPSA) is 6.48 Å². The van der Waals surface area contributed by atoms with Crippen LogP contribution in [0.3, 0.4) is 0 Å². The van der Waals surface area contributed by atoms with Crippen LogP contribution in [-0.4, -0.2) is 24.5 Å². The van der Waals surface area contributed by atoms with Gasteiger partial charge in [-0.05, 0) is 67.4 Å².